The zero-order chi connectivity index (χ0) is 12.4. The molecular weight excluding hydrogens is 222 g/mol. The summed E-state index contributed by atoms with van der Waals surface area (Å²) in [4.78, 5) is 21.9. The number of nitrogens with zero attached hydrogens (tertiary/aromatic N) is 1. The standard InChI is InChI=1S/C12H13NO4/c1-8-4-5-10-9(7-8)13(12(16)17-10)6-2-3-11(14)15/h4-5,7H,2-3,6H2,1H3,(H,14,15)/p-1. The highest BCUT2D eigenvalue weighted by Crippen LogP contribution is 2.15. The van der Waals surface area contributed by atoms with Crippen LogP contribution in [0.25, 0.3) is 11.1 Å². The van der Waals surface area contributed by atoms with E-state index < -0.39 is 11.7 Å². The van der Waals surface area contributed by atoms with E-state index in [4.69, 9.17) is 4.42 Å². The number of fused-ring (bicyclic) bond motifs is 1. The van der Waals surface area contributed by atoms with Gasteiger partial charge in [-0.1, -0.05) is 6.07 Å². The van der Waals surface area contributed by atoms with Gasteiger partial charge in [-0.3, -0.25) is 4.57 Å². The zero-order valence-electron chi connectivity index (χ0n) is 9.43. The lowest BCUT2D eigenvalue weighted by atomic mass is 10.2. The third-order valence-corrected chi connectivity index (χ3v) is 2.59. The molecule has 1 heterocycles. The van der Waals surface area contributed by atoms with Gasteiger partial charge in [0.15, 0.2) is 5.58 Å². The van der Waals surface area contributed by atoms with Gasteiger partial charge in [-0.15, -0.1) is 0 Å². The molecule has 0 atom stereocenters. The molecule has 0 aliphatic rings. The molecule has 17 heavy (non-hydrogen) atoms. The van der Waals surface area contributed by atoms with E-state index >= 15 is 0 Å². The Balaban J connectivity index is 2.32. The van der Waals surface area contributed by atoms with Crippen molar-refractivity contribution in [3.05, 3.63) is 34.3 Å². The van der Waals surface area contributed by atoms with Crippen LogP contribution < -0.4 is 10.9 Å². The Morgan fingerprint density at radius 2 is 2.24 bits per heavy atom. The molecule has 0 amide bonds. The fourth-order valence-electron chi connectivity index (χ4n) is 1.77. The number of carboxylic acid groups (broad SMARTS) is 1. The monoisotopic (exact) mass is 234 g/mol. The van der Waals surface area contributed by atoms with Crippen molar-refractivity contribution in [3.8, 4) is 0 Å². The fourth-order valence-corrected chi connectivity index (χ4v) is 1.77. The number of oxazole rings is 1. The first-order valence-corrected chi connectivity index (χ1v) is 5.38. The number of hydrogen-bond donors (Lipinski definition) is 0. The molecule has 0 aliphatic carbocycles. The number of aliphatic carboxylic acids is 1. The Labute approximate surface area is 97.3 Å². The van der Waals surface area contributed by atoms with Gasteiger partial charge >= 0.3 is 5.76 Å². The van der Waals surface area contributed by atoms with E-state index in [2.05, 4.69) is 0 Å². The molecule has 2 aromatic rings. The lowest BCUT2D eigenvalue weighted by Crippen LogP contribution is -2.23. The van der Waals surface area contributed by atoms with Crippen molar-refractivity contribution >= 4 is 17.1 Å². The summed E-state index contributed by atoms with van der Waals surface area (Å²) in [5, 5.41) is 10.3. The van der Waals surface area contributed by atoms with E-state index in [-0.39, 0.29) is 6.42 Å². The summed E-state index contributed by atoms with van der Waals surface area (Å²) in [6.07, 6.45) is 0.287. The second-order valence-electron chi connectivity index (χ2n) is 3.97. The highest BCUT2D eigenvalue weighted by molar-refractivity contribution is 5.73. The van der Waals surface area contributed by atoms with Gasteiger partial charge in [0.1, 0.15) is 0 Å². The molecule has 2 rings (SSSR count). The van der Waals surface area contributed by atoms with Crippen LogP contribution in [0.2, 0.25) is 0 Å². The summed E-state index contributed by atoms with van der Waals surface area (Å²) in [6, 6.07) is 5.44. The molecule has 0 fully saturated rings. The van der Waals surface area contributed by atoms with Gasteiger partial charge in [0.25, 0.3) is 0 Å². The van der Waals surface area contributed by atoms with Gasteiger partial charge in [-0.2, -0.15) is 0 Å². The molecule has 0 saturated carbocycles. The molecule has 0 unspecified atom stereocenters. The molecular formula is C12H12NO4-. The molecule has 0 N–H and O–H groups in total. The first kappa shape index (κ1) is 11.4. The highest BCUT2D eigenvalue weighted by Gasteiger charge is 2.08. The predicted molar refractivity (Wildman–Crippen MR) is 59.5 cm³/mol. The molecule has 0 aliphatic heterocycles. The normalized spacial score (nSPS) is 10.9. The van der Waals surface area contributed by atoms with Crippen molar-refractivity contribution in [1.29, 1.82) is 0 Å². The second-order valence-corrected chi connectivity index (χ2v) is 3.97. The second kappa shape index (κ2) is 4.45. The van der Waals surface area contributed by atoms with Crippen molar-refractivity contribution in [1.82, 2.24) is 4.57 Å². The molecule has 5 nitrogen and oxygen atoms in total. The van der Waals surface area contributed by atoms with E-state index in [1.54, 1.807) is 6.07 Å². The van der Waals surface area contributed by atoms with E-state index in [1.165, 1.54) is 4.57 Å². The molecule has 5 heteroatoms. The molecule has 1 aromatic carbocycles. The van der Waals surface area contributed by atoms with Crippen LogP contribution in [0.15, 0.2) is 27.4 Å². The summed E-state index contributed by atoms with van der Waals surface area (Å²) in [5.74, 6) is -1.56. The molecule has 0 spiro atoms. The lowest BCUT2D eigenvalue weighted by molar-refractivity contribution is -0.305. The van der Waals surface area contributed by atoms with Crippen LogP contribution in [0.1, 0.15) is 18.4 Å². The molecule has 90 valence electrons. The summed E-state index contributed by atoms with van der Waals surface area (Å²) in [6.45, 7) is 2.24. The van der Waals surface area contributed by atoms with Crippen molar-refractivity contribution in [2.45, 2.75) is 26.3 Å². The Morgan fingerprint density at radius 1 is 1.47 bits per heavy atom. The van der Waals surface area contributed by atoms with Crippen LogP contribution in [0, 0.1) is 6.92 Å². The number of benzene rings is 1. The van der Waals surface area contributed by atoms with E-state index in [9.17, 15) is 14.7 Å². The Kier molecular flexibility index (Phi) is 2.99. The fraction of sp³-hybridized carbons (Fsp3) is 0.333. The molecule has 0 saturated heterocycles. The largest absolute Gasteiger partial charge is 0.550 e. The maximum atomic E-state index is 11.6. The topological polar surface area (TPSA) is 75.3 Å². The average molecular weight is 234 g/mol. The van der Waals surface area contributed by atoms with Crippen molar-refractivity contribution in [3.63, 3.8) is 0 Å². The van der Waals surface area contributed by atoms with E-state index in [1.807, 2.05) is 19.1 Å². The summed E-state index contributed by atoms with van der Waals surface area (Å²) < 4.78 is 6.51. The number of carboxylic acids is 1. The van der Waals surface area contributed by atoms with Gasteiger partial charge in [0.2, 0.25) is 0 Å². The van der Waals surface area contributed by atoms with Gasteiger partial charge in [0.05, 0.1) is 5.52 Å². The van der Waals surface area contributed by atoms with E-state index in [0.29, 0.717) is 24.1 Å². The average Bonchev–Trinajstić information content (AvgIpc) is 2.55. The van der Waals surface area contributed by atoms with Crippen LogP contribution in [-0.2, 0) is 11.3 Å². The van der Waals surface area contributed by atoms with Crippen molar-refractivity contribution in [2.24, 2.45) is 0 Å². The summed E-state index contributed by atoms with van der Waals surface area (Å²) >= 11 is 0. The number of rotatable bonds is 4. The highest BCUT2D eigenvalue weighted by atomic mass is 16.4. The van der Waals surface area contributed by atoms with Crippen LogP contribution in [0.5, 0.6) is 0 Å². The van der Waals surface area contributed by atoms with Crippen LogP contribution >= 0.6 is 0 Å². The number of aromatic nitrogens is 1. The maximum absolute atomic E-state index is 11.6. The molecule has 0 bridgehead atoms. The Hall–Kier alpha value is -2.04. The third-order valence-electron chi connectivity index (χ3n) is 2.59. The minimum atomic E-state index is -1.11. The quantitative estimate of drug-likeness (QED) is 0.768. The van der Waals surface area contributed by atoms with Crippen LogP contribution in [0.4, 0.5) is 0 Å². The third kappa shape index (κ3) is 2.38. The zero-order valence-corrected chi connectivity index (χ0v) is 9.43. The van der Waals surface area contributed by atoms with Crippen molar-refractivity contribution in [2.75, 3.05) is 0 Å². The van der Waals surface area contributed by atoms with Gasteiger partial charge in [-0.05, 0) is 37.5 Å². The number of hydrogen-bond acceptors (Lipinski definition) is 4. The minimum Gasteiger partial charge on any atom is -0.550 e. The Bertz CT molecular complexity index is 608. The smallest absolute Gasteiger partial charge is 0.419 e. The lowest BCUT2D eigenvalue weighted by Gasteiger charge is -2.03. The molecule has 1 aromatic heterocycles. The van der Waals surface area contributed by atoms with Gasteiger partial charge in [0, 0.05) is 12.5 Å². The number of carbonyl (C=O) groups excluding carboxylic acids is 1. The predicted octanol–water partition coefficient (Wildman–Crippen LogP) is 0.433. The maximum Gasteiger partial charge on any atom is 0.419 e. The van der Waals surface area contributed by atoms with E-state index in [0.717, 1.165) is 5.56 Å². The van der Waals surface area contributed by atoms with Crippen LogP contribution in [-0.4, -0.2) is 10.5 Å². The minimum absolute atomic E-state index is 0.0646. The Morgan fingerprint density at radius 3 is 2.94 bits per heavy atom. The number of aryl methyl sites for hydroxylation is 2. The number of carbonyl (C=O) groups is 1. The van der Waals surface area contributed by atoms with Crippen molar-refractivity contribution < 1.29 is 14.3 Å². The summed E-state index contributed by atoms with van der Waals surface area (Å²) in [5.41, 5.74) is 2.24. The van der Waals surface area contributed by atoms with Gasteiger partial charge in [-0.25, -0.2) is 4.79 Å². The first-order valence-electron chi connectivity index (χ1n) is 5.38. The SMILES string of the molecule is Cc1ccc2oc(=O)n(CCCC(=O)[O-])c2c1. The first-order chi connectivity index (χ1) is 8.08. The summed E-state index contributed by atoms with van der Waals surface area (Å²) in [7, 11) is 0. The van der Waals surface area contributed by atoms with Gasteiger partial charge < -0.3 is 14.3 Å². The van der Waals surface area contributed by atoms with Crippen LogP contribution in [0.3, 0.4) is 0 Å². The molecule has 0 radical (unpaired) electrons.